The van der Waals surface area contributed by atoms with E-state index in [1.165, 1.54) is 25.3 Å². The molecule has 3 aromatic rings. The number of hydrogen-bond donors (Lipinski definition) is 1. The van der Waals surface area contributed by atoms with Crippen molar-refractivity contribution in [1.82, 2.24) is 15.2 Å². The first-order valence-electron chi connectivity index (χ1n) is 19.1. The summed E-state index contributed by atoms with van der Waals surface area (Å²) in [4.78, 5) is 61.6. The van der Waals surface area contributed by atoms with Gasteiger partial charge in [0.2, 0.25) is 0 Å². The molecule has 1 N–H and O–H groups in total. The number of methoxy groups -OCH3 is 6. The first-order valence-corrected chi connectivity index (χ1v) is 19.1. The van der Waals surface area contributed by atoms with Crippen molar-refractivity contribution in [3.05, 3.63) is 53.1 Å². The van der Waals surface area contributed by atoms with E-state index in [-0.39, 0.29) is 35.2 Å². The molecular weight excluding hydrogens is 770 g/mol. The maximum absolute atomic E-state index is 11.6. The zero-order chi connectivity index (χ0) is 43.1. The summed E-state index contributed by atoms with van der Waals surface area (Å²) < 4.78 is 31.4. The fraction of sp³-hybridized carbons (Fsp3) is 0.476. The van der Waals surface area contributed by atoms with Gasteiger partial charge in [-0.1, -0.05) is 0 Å². The Labute approximate surface area is 344 Å². The van der Waals surface area contributed by atoms with Crippen LogP contribution in [0.3, 0.4) is 0 Å². The minimum atomic E-state index is -1.17. The number of benzene rings is 3. The van der Waals surface area contributed by atoms with Gasteiger partial charge in [0.1, 0.15) is 77.0 Å². The molecule has 3 aliphatic heterocycles. The Morgan fingerprint density at radius 2 is 0.915 bits per heavy atom. The molecule has 3 fully saturated rings. The minimum Gasteiger partial charge on any atom is -0.496 e. The van der Waals surface area contributed by atoms with E-state index in [4.69, 9.17) is 42.9 Å². The van der Waals surface area contributed by atoms with Crippen LogP contribution < -0.4 is 42.9 Å². The van der Waals surface area contributed by atoms with Gasteiger partial charge in [-0.3, -0.25) is 0 Å². The Hall–Kier alpha value is -5.78. The van der Waals surface area contributed by atoms with Crippen molar-refractivity contribution in [3.8, 4) is 51.7 Å². The van der Waals surface area contributed by atoms with Crippen LogP contribution >= 0.6 is 0 Å². The number of nitrogens with zero attached hydrogens (tertiary/aromatic N) is 3. The normalized spacial score (nSPS) is 18.9. The maximum Gasteiger partial charge on any atom is 0.343 e. The van der Waals surface area contributed by atoms with Gasteiger partial charge in [-0.15, -0.1) is 15.2 Å². The molecule has 6 rings (SSSR count). The third kappa shape index (κ3) is 11.7. The third-order valence-corrected chi connectivity index (χ3v) is 10.0. The van der Waals surface area contributed by atoms with E-state index < -0.39 is 5.97 Å². The Balaban J connectivity index is 0.000000197. The van der Waals surface area contributed by atoms with Crippen LogP contribution in [0.15, 0.2) is 36.4 Å². The second kappa shape index (κ2) is 22.4. The summed E-state index contributed by atoms with van der Waals surface area (Å²) in [6, 6.07) is 9.71. The summed E-state index contributed by atoms with van der Waals surface area (Å²) in [5.74, 6) is 3.53. The van der Waals surface area contributed by atoms with Gasteiger partial charge in [-0.25, -0.2) is 4.79 Å². The van der Waals surface area contributed by atoms with Crippen molar-refractivity contribution in [2.45, 2.75) is 70.5 Å². The van der Waals surface area contributed by atoms with Gasteiger partial charge < -0.3 is 62.4 Å². The first kappa shape index (κ1) is 45.9. The van der Waals surface area contributed by atoms with Crippen LogP contribution in [-0.2, 0) is 14.4 Å². The molecule has 0 bridgehead atoms. The average Bonchev–Trinajstić information content (AvgIpc) is 4.03. The van der Waals surface area contributed by atoms with E-state index in [0.29, 0.717) is 58.8 Å². The molecule has 59 heavy (non-hydrogen) atoms. The predicted molar refractivity (Wildman–Crippen MR) is 214 cm³/mol. The third-order valence-electron chi connectivity index (χ3n) is 10.0. The molecule has 0 amide bonds. The molecule has 3 aliphatic rings. The Bertz CT molecular complexity index is 1840. The molecule has 0 aliphatic carbocycles. The number of carboxylic acid groups (broad SMARTS) is 1. The Morgan fingerprint density at radius 1 is 0.525 bits per heavy atom. The van der Waals surface area contributed by atoms with Crippen molar-refractivity contribution in [2.75, 3.05) is 62.3 Å². The highest BCUT2D eigenvalue weighted by molar-refractivity contribution is 5.95. The van der Waals surface area contributed by atoms with Crippen LogP contribution in [-0.4, -0.2) is 126 Å². The van der Waals surface area contributed by atoms with Crippen molar-refractivity contribution in [2.24, 2.45) is 0 Å². The standard InChI is InChI=1S/C15H19NO6.C14H19NO4.C13H17NO4/c1-9-11(20-2)7-12(13(15(18)19)14(9)21-3)22-16-6-4-5-10(16)8-17;1-10-13(17-2)7-12(8-14(10)18-3)19-15-6-4-5-11(15)9-16;1-16-11-6-12(17-2)8-13(7-11)18-14-5-3-4-10(14)9-15/h7-8,10H,4-6H2,1-3H3,(H,18,19);7-9,11H,4-6H2,1-3H3;6-10H,3-5H2,1-2H3. The van der Waals surface area contributed by atoms with Crippen LogP contribution in [0.2, 0.25) is 0 Å². The summed E-state index contributed by atoms with van der Waals surface area (Å²) >= 11 is 0. The molecule has 3 aromatic carbocycles. The number of ether oxygens (including phenoxy) is 6. The van der Waals surface area contributed by atoms with E-state index >= 15 is 0 Å². The van der Waals surface area contributed by atoms with Crippen LogP contribution in [0.1, 0.15) is 60.0 Å². The predicted octanol–water partition coefficient (Wildman–Crippen LogP) is 5.30. The van der Waals surface area contributed by atoms with Gasteiger partial charge in [0.25, 0.3) is 0 Å². The Morgan fingerprint density at radius 3 is 1.29 bits per heavy atom. The van der Waals surface area contributed by atoms with Crippen LogP contribution in [0.5, 0.6) is 51.7 Å². The summed E-state index contributed by atoms with van der Waals surface area (Å²) in [6.07, 6.45) is 7.75. The van der Waals surface area contributed by atoms with E-state index in [0.717, 1.165) is 69.6 Å². The minimum absolute atomic E-state index is 0.0858. The molecule has 322 valence electrons. The molecule has 17 nitrogen and oxygen atoms in total. The summed E-state index contributed by atoms with van der Waals surface area (Å²) in [5.41, 5.74) is 1.41. The lowest BCUT2D eigenvalue weighted by molar-refractivity contribution is -0.125. The number of hydroxylamine groups is 6. The van der Waals surface area contributed by atoms with Gasteiger partial charge in [0.05, 0.1) is 42.7 Å². The van der Waals surface area contributed by atoms with Crippen LogP contribution in [0, 0.1) is 13.8 Å². The number of carbonyl (C=O) groups is 4. The number of hydrogen-bond acceptors (Lipinski definition) is 16. The topological polar surface area (TPSA) is 181 Å². The van der Waals surface area contributed by atoms with Crippen molar-refractivity contribution in [1.29, 1.82) is 0 Å². The van der Waals surface area contributed by atoms with Crippen molar-refractivity contribution in [3.63, 3.8) is 0 Å². The number of rotatable bonds is 16. The number of carbonyl (C=O) groups excluding carboxylic acids is 3. The fourth-order valence-corrected chi connectivity index (χ4v) is 6.84. The summed E-state index contributed by atoms with van der Waals surface area (Å²) in [5, 5.41) is 14.4. The first-order chi connectivity index (χ1) is 28.5. The van der Waals surface area contributed by atoms with Gasteiger partial charge in [-0.2, -0.15) is 0 Å². The lowest BCUT2D eigenvalue weighted by atomic mass is 10.1. The monoisotopic (exact) mass is 825 g/mol. The smallest absolute Gasteiger partial charge is 0.343 e. The molecule has 3 saturated heterocycles. The number of aromatic carboxylic acids is 1. The highest BCUT2D eigenvalue weighted by atomic mass is 16.7. The Kier molecular flexibility index (Phi) is 17.4. The molecule has 0 saturated carbocycles. The molecule has 3 unspecified atom stereocenters. The molecule has 0 radical (unpaired) electrons. The number of carboxylic acids is 1. The largest absolute Gasteiger partial charge is 0.496 e. The van der Waals surface area contributed by atoms with Crippen molar-refractivity contribution < 1.29 is 67.2 Å². The van der Waals surface area contributed by atoms with Gasteiger partial charge in [-0.05, 0) is 52.4 Å². The van der Waals surface area contributed by atoms with Crippen LogP contribution in [0.4, 0.5) is 0 Å². The van der Waals surface area contributed by atoms with Gasteiger partial charge in [0.15, 0.2) is 17.2 Å². The molecular formula is C42H55N3O14. The zero-order valence-electron chi connectivity index (χ0n) is 34.9. The highest BCUT2D eigenvalue weighted by Gasteiger charge is 2.31. The van der Waals surface area contributed by atoms with E-state index in [9.17, 15) is 24.3 Å². The molecule has 0 aromatic heterocycles. The lowest BCUT2D eigenvalue weighted by Crippen LogP contribution is -2.34. The molecule has 3 atom stereocenters. The zero-order valence-corrected chi connectivity index (χ0v) is 34.9. The van der Waals surface area contributed by atoms with E-state index in [1.54, 1.807) is 75.8 Å². The second-order valence-electron chi connectivity index (χ2n) is 13.6. The fourth-order valence-electron chi connectivity index (χ4n) is 6.84. The SMILES string of the molecule is COc1cc(OC)cc(ON2CCCC2C=O)c1.COc1cc(ON2CCCC2C=O)c(C(=O)O)c(OC)c1C.COc1cc(ON2CCCC2C=O)cc(OC)c1C. The second-order valence-corrected chi connectivity index (χ2v) is 13.6. The van der Waals surface area contributed by atoms with E-state index in [1.807, 2.05) is 6.92 Å². The van der Waals surface area contributed by atoms with Crippen molar-refractivity contribution >= 4 is 24.8 Å². The number of aldehydes is 3. The average molecular weight is 826 g/mol. The van der Waals surface area contributed by atoms with Gasteiger partial charge >= 0.3 is 5.97 Å². The van der Waals surface area contributed by atoms with Crippen LogP contribution in [0.25, 0.3) is 0 Å². The van der Waals surface area contributed by atoms with Gasteiger partial charge in [0, 0.05) is 67.2 Å². The molecule has 3 heterocycles. The molecule has 17 heteroatoms. The maximum atomic E-state index is 11.6. The molecule has 0 spiro atoms. The highest BCUT2D eigenvalue weighted by Crippen LogP contribution is 2.40. The lowest BCUT2D eigenvalue weighted by Gasteiger charge is -2.23. The van der Waals surface area contributed by atoms with E-state index in [2.05, 4.69) is 0 Å². The summed E-state index contributed by atoms with van der Waals surface area (Å²) in [7, 11) is 9.26. The summed E-state index contributed by atoms with van der Waals surface area (Å²) in [6.45, 7) is 5.69. The quantitative estimate of drug-likeness (QED) is 0.184.